The van der Waals surface area contributed by atoms with Gasteiger partial charge in [-0.1, -0.05) is 30.1 Å². The molecule has 0 aliphatic heterocycles. The van der Waals surface area contributed by atoms with Gasteiger partial charge in [0.05, 0.1) is 40.6 Å². The number of carbonyl (C=O) groups excluding carboxylic acids is 2. The van der Waals surface area contributed by atoms with Crippen LogP contribution in [0, 0.1) is 19.0 Å². The summed E-state index contributed by atoms with van der Waals surface area (Å²) in [6.07, 6.45) is 1.42. The van der Waals surface area contributed by atoms with Crippen molar-refractivity contribution in [3.63, 3.8) is 0 Å². The number of ether oxygens (including phenoxy) is 2. The molecule has 0 bridgehead atoms. The number of hydrogen-bond acceptors (Lipinski definition) is 7. The van der Waals surface area contributed by atoms with E-state index in [2.05, 4.69) is 9.47 Å². The smallest absolute Gasteiger partial charge is 0.387 e. The molecule has 0 saturated heterocycles. The fourth-order valence-electron chi connectivity index (χ4n) is 2.73. The van der Waals surface area contributed by atoms with E-state index < -0.39 is 40.4 Å². The molecule has 0 unspecified atom stereocenters. The Labute approximate surface area is 177 Å². The van der Waals surface area contributed by atoms with Crippen molar-refractivity contribution in [2.75, 3.05) is 12.4 Å². The van der Waals surface area contributed by atoms with Crippen LogP contribution in [0.3, 0.4) is 0 Å². The summed E-state index contributed by atoms with van der Waals surface area (Å²) in [4.78, 5) is 35.7. The van der Waals surface area contributed by atoms with Crippen LogP contribution in [0.1, 0.15) is 43.0 Å². The Kier molecular flexibility index (Phi) is 9.20. The van der Waals surface area contributed by atoms with E-state index in [0.717, 1.165) is 0 Å². The first kappa shape index (κ1) is 25.3. The lowest BCUT2D eigenvalue weighted by molar-refractivity contribution is -0.136. The molecule has 13 heteroatoms. The minimum Gasteiger partial charge on any atom is -0.478 e. The molecule has 0 heterocycles. The maximum Gasteiger partial charge on any atom is 0.387 e. The average Bonchev–Trinajstić information content (AvgIpc) is 2.65. The lowest BCUT2D eigenvalue weighted by Gasteiger charge is -2.21. The number of carbonyl (C=O) groups is 3. The van der Waals surface area contributed by atoms with Crippen molar-refractivity contribution in [1.82, 2.24) is 0 Å². The van der Waals surface area contributed by atoms with Gasteiger partial charge in [-0.05, 0) is 18.1 Å². The van der Waals surface area contributed by atoms with Crippen molar-refractivity contribution < 1.29 is 41.9 Å². The summed E-state index contributed by atoms with van der Waals surface area (Å²) in [6.45, 7) is 0.792. The highest BCUT2D eigenvalue weighted by Gasteiger charge is 2.28. The second-order valence-corrected chi connectivity index (χ2v) is 7.34. The molecule has 1 aromatic rings. The SMILES string of the molecule is [B]Cc1c(C)c(C(=O)O)c(C(=O)OC#CC(=O)OCCS(=O)(=O)O)c(C[B])c1C[B]. The summed E-state index contributed by atoms with van der Waals surface area (Å²) in [7, 11) is 12.8. The first-order chi connectivity index (χ1) is 14.0. The maximum absolute atomic E-state index is 12.5. The van der Waals surface area contributed by atoms with E-state index in [9.17, 15) is 27.9 Å². The van der Waals surface area contributed by atoms with Crippen LogP contribution in [0.5, 0.6) is 0 Å². The van der Waals surface area contributed by atoms with Gasteiger partial charge in [-0.25, -0.2) is 14.4 Å². The third-order valence-electron chi connectivity index (χ3n) is 4.01. The number of benzene rings is 1. The van der Waals surface area contributed by atoms with Gasteiger partial charge in [0.15, 0.2) is 0 Å². The van der Waals surface area contributed by atoms with Crippen LogP contribution in [0.2, 0.25) is 0 Å². The molecule has 2 N–H and O–H groups in total. The Hall–Kier alpha value is -2.71. The zero-order valence-electron chi connectivity index (χ0n) is 15.9. The lowest BCUT2D eigenvalue weighted by Crippen LogP contribution is -2.20. The Bertz CT molecular complexity index is 1020. The monoisotopic (exact) mass is 428 g/mol. The quantitative estimate of drug-likeness (QED) is 0.237. The third-order valence-corrected chi connectivity index (χ3v) is 4.69. The van der Waals surface area contributed by atoms with Gasteiger partial charge in [0, 0.05) is 0 Å². The predicted molar refractivity (Wildman–Crippen MR) is 107 cm³/mol. The van der Waals surface area contributed by atoms with E-state index >= 15 is 0 Å². The zero-order chi connectivity index (χ0) is 23.1. The summed E-state index contributed by atoms with van der Waals surface area (Å²) in [5.41, 5.74) is 0.452. The number of aromatic carboxylic acids is 1. The van der Waals surface area contributed by atoms with Crippen LogP contribution in [0.15, 0.2) is 0 Å². The van der Waals surface area contributed by atoms with Crippen molar-refractivity contribution in [3.05, 3.63) is 33.4 Å². The summed E-state index contributed by atoms with van der Waals surface area (Å²) in [6, 6.07) is 0. The van der Waals surface area contributed by atoms with E-state index in [1.54, 1.807) is 12.0 Å². The Morgan fingerprint density at radius 1 is 1.00 bits per heavy atom. The summed E-state index contributed by atoms with van der Waals surface area (Å²) in [5.74, 6) is -2.92. The van der Waals surface area contributed by atoms with E-state index in [1.165, 1.54) is 6.92 Å². The minimum atomic E-state index is -4.32. The van der Waals surface area contributed by atoms with Gasteiger partial charge in [-0.3, -0.25) is 4.55 Å². The molecular formula is C17H15B3O9S. The fourth-order valence-corrected chi connectivity index (χ4v) is 3.02. The molecule has 1 rings (SSSR count). The summed E-state index contributed by atoms with van der Waals surface area (Å²) < 4.78 is 38.6. The highest BCUT2D eigenvalue weighted by atomic mass is 32.2. The predicted octanol–water partition coefficient (Wildman–Crippen LogP) is -0.753. The number of carboxylic acid groups (broad SMARTS) is 1. The first-order valence-electron chi connectivity index (χ1n) is 8.33. The van der Waals surface area contributed by atoms with Crippen molar-refractivity contribution in [2.24, 2.45) is 0 Å². The second-order valence-electron chi connectivity index (χ2n) is 5.77. The number of rotatable bonds is 8. The van der Waals surface area contributed by atoms with Crippen molar-refractivity contribution >= 4 is 51.6 Å². The molecule has 0 aliphatic rings. The van der Waals surface area contributed by atoms with Crippen LogP contribution >= 0.6 is 0 Å². The van der Waals surface area contributed by atoms with Gasteiger partial charge >= 0.3 is 17.9 Å². The molecule has 30 heavy (non-hydrogen) atoms. The Morgan fingerprint density at radius 3 is 2.03 bits per heavy atom. The van der Waals surface area contributed by atoms with Gasteiger partial charge in [-0.2, -0.15) is 8.42 Å². The fraction of sp³-hybridized carbons (Fsp3) is 0.353. The molecule has 9 nitrogen and oxygen atoms in total. The summed E-state index contributed by atoms with van der Waals surface area (Å²) in [5, 5.41) is 9.58. The topological polar surface area (TPSA) is 144 Å². The van der Waals surface area contributed by atoms with Crippen LogP contribution in [0.25, 0.3) is 0 Å². The molecule has 0 saturated carbocycles. The molecule has 1 aromatic carbocycles. The Morgan fingerprint density at radius 2 is 1.57 bits per heavy atom. The van der Waals surface area contributed by atoms with Crippen molar-refractivity contribution in [1.29, 1.82) is 0 Å². The van der Waals surface area contributed by atoms with Gasteiger partial charge < -0.3 is 14.6 Å². The average molecular weight is 428 g/mol. The Balaban J connectivity index is 3.23. The first-order valence-corrected chi connectivity index (χ1v) is 9.94. The molecule has 0 aromatic heterocycles. The number of hydrogen-bond donors (Lipinski definition) is 2. The molecule has 0 amide bonds. The largest absolute Gasteiger partial charge is 0.478 e. The standard InChI is InChI=1S/C17H15B3O9S/c1-9-10(6-18)11(7-19)12(8-20)15(14(9)16(22)23)17(24)29-3-2-13(21)28-4-5-30(25,26)27/h4-8H2,1H3,(H,22,23)(H,25,26,27). The number of carboxylic acids is 1. The van der Waals surface area contributed by atoms with Crippen LogP contribution in [-0.4, -0.2) is 71.9 Å². The second kappa shape index (κ2) is 10.9. The van der Waals surface area contributed by atoms with Crippen molar-refractivity contribution in [3.8, 4) is 12.0 Å². The normalized spacial score (nSPS) is 10.6. The van der Waals surface area contributed by atoms with E-state index in [0.29, 0.717) is 11.1 Å². The molecule has 6 radical (unpaired) electrons. The molecular weight excluding hydrogens is 413 g/mol. The molecule has 0 fully saturated rings. The number of esters is 2. The van der Waals surface area contributed by atoms with Crippen LogP contribution in [0.4, 0.5) is 0 Å². The van der Waals surface area contributed by atoms with Gasteiger partial charge in [0.25, 0.3) is 10.1 Å². The third kappa shape index (κ3) is 6.40. The van der Waals surface area contributed by atoms with Gasteiger partial charge in [-0.15, -0.1) is 0 Å². The van der Waals surface area contributed by atoms with Crippen LogP contribution in [-0.2, 0) is 43.3 Å². The lowest BCUT2D eigenvalue weighted by atomic mass is 9.74. The van der Waals surface area contributed by atoms with E-state index in [4.69, 9.17) is 28.1 Å². The zero-order valence-corrected chi connectivity index (χ0v) is 16.7. The maximum atomic E-state index is 12.5. The highest BCUT2D eigenvalue weighted by molar-refractivity contribution is 7.85. The van der Waals surface area contributed by atoms with Gasteiger partial charge in [0.1, 0.15) is 18.5 Å². The van der Waals surface area contributed by atoms with Crippen LogP contribution < -0.4 is 0 Å². The van der Waals surface area contributed by atoms with Crippen molar-refractivity contribution in [2.45, 2.75) is 25.9 Å². The molecule has 0 atom stereocenters. The van der Waals surface area contributed by atoms with E-state index in [-0.39, 0.29) is 41.2 Å². The minimum absolute atomic E-state index is 0.0316. The van der Waals surface area contributed by atoms with Gasteiger partial charge in [0.2, 0.25) is 0 Å². The van der Waals surface area contributed by atoms with E-state index in [1.807, 2.05) is 0 Å². The summed E-state index contributed by atoms with van der Waals surface area (Å²) >= 11 is 0. The molecule has 152 valence electrons. The molecule has 0 spiro atoms. The highest BCUT2D eigenvalue weighted by Crippen LogP contribution is 2.29. The molecule has 0 aliphatic carbocycles.